The van der Waals surface area contributed by atoms with Crippen molar-refractivity contribution in [3.63, 3.8) is 0 Å². The van der Waals surface area contributed by atoms with Gasteiger partial charge in [0.2, 0.25) is 0 Å². The molecule has 3 N–H and O–H groups in total. The molecule has 0 saturated carbocycles. The Morgan fingerprint density at radius 3 is 2.67 bits per heavy atom. The molecule has 1 aromatic rings. The largest absolute Gasteiger partial charge is 0.369 e. The van der Waals surface area contributed by atoms with Crippen LogP contribution in [0, 0.1) is 0 Å². The van der Waals surface area contributed by atoms with Crippen molar-refractivity contribution in [1.82, 2.24) is 10.3 Å². The van der Waals surface area contributed by atoms with E-state index in [2.05, 4.69) is 28.2 Å². The molecule has 0 aromatic heterocycles. The van der Waals surface area contributed by atoms with Crippen molar-refractivity contribution in [2.24, 2.45) is 5.84 Å². The van der Waals surface area contributed by atoms with Crippen molar-refractivity contribution in [1.29, 1.82) is 0 Å². The first kappa shape index (κ1) is 16.1. The summed E-state index contributed by atoms with van der Waals surface area (Å²) >= 11 is 6.04. The molecule has 1 fully saturated rings. The van der Waals surface area contributed by atoms with Gasteiger partial charge in [-0.05, 0) is 24.6 Å². The van der Waals surface area contributed by atoms with Gasteiger partial charge in [-0.1, -0.05) is 31.0 Å². The minimum absolute atomic E-state index is 0.0898. The van der Waals surface area contributed by atoms with E-state index in [9.17, 15) is 4.79 Å². The number of amides is 1. The highest BCUT2D eigenvalue weighted by molar-refractivity contribution is 6.30. The minimum atomic E-state index is -0.124. The van der Waals surface area contributed by atoms with Crippen molar-refractivity contribution in [2.45, 2.75) is 25.8 Å². The molecule has 116 valence electrons. The Morgan fingerprint density at radius 1 is 1.38 bits per heavy atom. The smallest absolute Gasteiger partial charge is 0.251 e. The lowest BCUT2D eigenvalue weighted by Crippen LogP contribution is -2.56. The lowest BCUT2D eigenvalue weighted by Gasteiger charge is -2.39. The van der Waals surface area contributed by atoms with Crippen molar-refractivity contribution < 1.29 is 4.79 Å². The molecule has 21 heavy (non-hydrogen) atoms. The van der Waals surface area contributed by atoms with Crippen LogP contribution in [0.2, 0.25) is 5.02 Å². The predicted molar refractivity (Wildman–Crippen MR) is 86.3 cm³/mol. The van der Waals surface area contributed by atoms with E-state index < -0.39 is 0 Å². The summed E-state index contributed by atoms with van der Waals surface area (Å²) in [7, 11) is 0. The second-order valence-corrected chi connectivity index (χ2v) is 5.75. The summed E-state index contributed by atoms with van der Waals surface area (Å²) in [5, 5.41) is 0.751. The summed E-state index contributed by atoms with van der Waals surface area (Å²) in [5.41, 5.74) is 3.42. The van der Waals surface area contributed by atoms with Gasteiger partial charge < -0.3 is 4.90 Å². The van der Waals surface area contributed by atoms with Crippen LogP contribution in [0.3, 0.4) is 0 Å². The topological polar surface area (TPSA) is 61.6 Å². The fourth-order valence-electron chi connectivity index (χ4n) is 2.81. The third-order valence-electron chi connectivity index (χ3n) is 3.94. The number of carbonyl (C=O) groups is 1. The molecule has 1 saturated heterocycles. The number of hydrazine groups is 1. The van der Waals surface area contributed by atoms with Gasteiger partial charge in [0.25, 0.3) is 5.91 Å². The summed E-state index contributed by atoms with van der Waals surface area (Å²) in [6.45, 7) is 5.56. The SMILES string of the molecule is CCCC(C(=O)NN)N1CCN(c2cccc(Cl)c2)CC1. The summed E-state index contributed by atoms with van der Waals surface area (Å²) in [4.78, 5) is 16.4. The summed E-state index contributed by atoms with van der Waals surface area (Å²) in [6, 6.07) is 7.77. The molecule has 1 amide bonds. The van der Waals surface area contributed by atoms with E-state index in [-0.39, 0.29) is 11.9 Å². The van der Waals surface area contributed by atoms with Crippen LogP contribution in [0.15, 0.2) is 24.3 Å². The molecule has 0 spiro atoms. The Labute approximate surface area is 131 Å². The number of halogens is 1. The van der Waals surface area contributed by atoms with Gasteiger partial charge in [0.05, 0.1) is 6.04 Å². The maximum absolute atomic E-state index is 11.9. The van der Waals surface area contributed by atoms with E-state index in [0.29, 0.717) is 0 Å². The van der Waals surface area contributed by atoms with Crippen LogP contribution in [-0.2, 0) is 4.79 Å². The first-order chi connectivity index (χ1) is 10.2. The Bertz CT molecular complexity index is 474. The van der Waals surface area contributed by atoms with E-state index in [0.717, 1.165) is 49.7 Å². The van der Waals surface area contributed by atoms with Gasteiger partial charge in [-0.2, -0.15) is 0 Å². The fourth-order valence-corrected chi connectivity index (χ4v) is 3.00. The van der Waals surface area contributed by atoms with Crippen LogP contribution in [0.4, 0.5) is 5.69 Å². The number of piperazine rings is 1. The average Bonchev–Trinajstić information content (AvgIpc) is 2.52. The van der Waals surface area contributed by atoms with Gasteiger partial charge in [-0.15, -0.1) is 0 Å². The first-order valence-electron chi connectivity index (χ1n) is 7.40. The zero-order valence-corrected chi connectivity index (χ0v) is 13.1. The molecule has 0 aliphatic carbocycles. The molecule has 1 aliphatic heterocycles. The number of carbonyl (C=O) groups excluding carboxylic acids is 1. The van der Waals surface area contributed by atoms with E-state index in [1.807, 2.05) is 18.2 Å². The van der Waals surface area contributed by atoms with Crippen molar-refractivity contribution in [2.75, 3.05) is 31.1 Å². The van der Waals surface area contributed by atoms with Crippen LogP contribution in [0.5, 0.6) is 0 Å². The summed E-state index contributed by atoms with van der Waals surface area (Å²) < 4.78 is 0. The maximum atomic E-state index is 11.9. The Hall–Kier alpha value is -1.30. The van der Waals surface area contributed by atoms with E-state index in [1.165, 1.54) is 0 Å². The standard InChI is InChI=1S/C15H23ClN4O/c1-2-4-14(15(21)18-17)20-9-7-19(8-10-20)13-6-3-5-12(16)11-13/h3,5-6,11,14H,2,4,7-10,17H2,1H3,(H,18,21). The number of anilines is 1. The maximum Gasteiger partial charge on any atom is 0.251 e. The number of nitrogens with zero attached hydrogens (tertiary/aromatic N) is 2. The number of hydrogen-bond donors (Lipinski definition) is 2. The number of nitrogens with one attached hydrogen (secondary N) is 1. The van der Waals surface area contributed by atoms with Gasteiger partial charge in [-0.25, -0.2) is 5.84 Å². The fraction of sp³-hybridized carbons (Fsp3) is 0.533. The minimum Gasteiger partial charge on any atom is -0.369 e. The van der Waals surface area contributed by atoms with Gasteiger partial charge in [-0.3, -0.25) is 15.1 Å². The van der Waals surface area contributed by atoms with Crippen molar-refractivity contribution in [3.05, 3.63) is 29.3 Å². The summed E-state index contributed by atoms with van der Waals surface area (Å²) in [5.74, 6) is 5.20. The Kier molecular flexibility index (Phi) is 5.85. The highest BCUT2D eigenvalue weighted by Crippen LogP contribution is 2.21. The molecule has 6 heteroatoms. The zero-order chi connectivity index (χ0) is 15.2. The second kappa shape index (κ2) is 7.64. The monoisotopic (exact) mass is 310 g/mol. The van der Waals surface area contributed by atoms with Gasteiger partial charge >= 0.3 is 0 Å². The quantitative estimate of drug-likeness (QED) is 0.493. The highest BCUT2D eigenvalue weighted by Gasteiger charge is 2.28. The van der Waals surface area contributed by atoms with Gasteiger partial charge in [0, 0.05) is 36.9 Å². The van der Waals surface area contributed by atoms with E-state index >= 15 is 0 Å². The van der Waals surface area contributed by atoms with Crippen LogP contribution in [0.25, 0.3) is 0 Å². The normalized spacial score (nSPS) is 17.6. The third-order valence-corrected chi connectivity index (χ3v) is 4.17. The van der Waals surface area contributed by atoms with Crippen LogP contribution >= 0.6 is 11.6 Å². The predicted octanol–water partition coefficient (Wildman–Crippen LogP) is 1.62. The molecule has 1 heterocycles. The third kappa shape index (κ3) is 4.09. The molecule has 1 aromatic carbocycles. The molecule has 1 atom stereocenters. The molecule has 5 nitrogen and oxygen atoms in total. The van der Waals surface area contributed by atoms with E-state index in [1.54, 1.807) is 0 Å². The van der Waals surface area contributed by atoms with Crippen LogP contribution in [-0.4, -0.2) is 43.0 Å². The van der Waals surface area contributed by atoms with Crippen LogP contribution < -0.4 is 16.2 Å². The van der Waals surface area contributed by atoms with Crippen molar-refractivity contribution >= 4 is 23.2 Å². The van der Waals surface area contributed by atoms with Crippen LogP contribution in [0.1, 0.15) is 19.8 Å². The molecular formula is C15H23ClN4O. The van der Waals surface area contributed by atoms with Gasteiger partial charge in [0.15, 0.2) is 0 Å². The number of rotatable bonds is 5. The number of benzene rings is 1. The Balaban J connectivity index is 1.97. The number of nitrogens with two attached hydrogens (primary N) is 1. The molecule has 1 aliphatic rings. The molecule has 0 bridgehead atoms. The molecular weight excluding hydrogens is 288 g/mol. The average molecular weight is 311 g/mol. The second-order valence-electron chi connectivity index (χ2n) is 5.32. The zero-order valence-electron chi connectivity index (χ0n) is 12.4. The lowest BCUT2D eigenvalue weighted by atomic mass is 10.1. The molecule has 1 unspecified atom stereocenters. The number of hydrogen-bond acceptors (Lipinski definition) is 4. The molecule has 0 radical (unpaired) electrons. The Morgan fingerprint density at radius 2 is 2.10 bits per heavy atom. The lowest BCUT2D eigenvalue weighted by molar-refractivity contribution is -0.127. The highest BCUT2D eigenvalue weighted by atomic mass is 35.5. The van der Waals surface area contributed by atoms with Crippen molar-refractivity contribution in [3.8, 4) is 0 Å². The first-order valence-corrected chi connectivity index (χ1v) is 7.78. The summed E-state index contributed by atoms with van der Waals surface area (Å²) in [6.07, 6.45) is 1.80. The van der Waals surface area contributed by atoms with E-state index in [4.69, 9.17) is 17.4 Å². The molecule has 2 rings (SSSR count). The van der Waals surface area contributed by atoms with Gasteiger partial charge in [0.1, 0.15) is 0 Å².